The molecule has 0 unspecified atom stereocenters. The average Bonchev–Trinajstić information content (AvgIpc) is 2.21. The van der Waals surface area contributed by atoms with Gasteiger partial charge in [0.15, 0.2) is 0 Å². The van der Waals surface area contributed by atoms with Gasteiger partial charge in [0.05, 0.1) is 0 Å². The number of nitrogens with one attached hydrogen (secondary N) is 1. The predicted molar refractivity (Wildman–Crippen MR) is 53.1 cm³/mol. The summed E-state index contributed by atoms with van der Waals surface area (Å²) < 4.78 is 23.9. The zero-order chi connectivity index (χ0) is 10.2. The van der Waals surface area contributed by atoms with Gasteiger partial charge in [-0.15, -0.1) is 0 Å². The fraction of sp³-hybridized carbons (Fsp3) is 0.455. The van der Waals surface area contributed by atoms with Gasteiger partial charge in [0.2, 0.25) is 0 Å². The van der Waals surface area contributed by atoms with Crippen LogP contribution in [0.15, 0.2) is 24.3 Å². The summed E-state index contributed by atoms with van der Waals surface area (Å²) in [5.74, 6) is -1.07. The molecule has 1 nitrogen and oxygen atoms in total. The lowest BCUT2D eigenvalue weighted by atomic mass is 10.2. The number of hydrogen-bond donors (Lipinski definition) is 1. The first kappa shape index (κ1) is 11.1. The van der Waals surface area contributed by atoms with Crippen molar-refractivity contribution in [3.8, 4) is 0 Å². The van der Waals surface area contributed by atoms with E-state index in [-0.39, 0.29) is 0 Å². The maximum atomic E-state index is 11.9. The van der Waals surface area contributed by atoms with Crippen LogP contribution in [0.2, 0.25) is 0 Å². The van der Waals surface area contributed by atoms with Crippen LogP contribution in [0.4, 0.5) is 8.78 Å². The normalized spacial score (nSPS) is 15.6. The van der Waals surface area contributed by atoms with E-state index in [0.717, 1.165) is 6.07 Å². The third-order valence-electron chi connectivity index (χ3n) is 1.99. The van der Waals surface area contributed by atoms with Crippen molar-refractivity contribution in [2.45, 2.75) is 19.3 Å². The Morgan fingerprint density at radius 1 is 0.929 bits per heavy atom. The van der Waals surface area contributed by atoms with Gasteiger partial charge in [-0.1, -0.05) is 12.5 Å². The first-order valence-electron chi connectivity index (χ1n) is 4.91. The molecule has 0 spiro atoms. The van der Waals surface area contributed by atoms with Crippen molar-refractivity contribution in [2.24, 2.45) is 0 Å². The van der Waals surface area contributed by atoms with E-state index in [1.54, 1.807) is 0 Å². The molecule has 0 amide bonds. The topological polar surface area (TPSA) is 12.0 Å². The van der Waals surface area contributed by atoms with Gasteiger partial charge < -0.3 is 5.32 Å². The first-order chi connectivity index (χ1) is 6.79. The van der Waals surface area contributed by atoms with Gasteiger partial charge in [-0.2, -0.15) is 0 Å². The highest BCUT2D eigenvalue weighted by Gasteiger charge is 1.93. The lowest BCUT2D eigenvalue weighted by Crippen LogP contribution is -2.21. The largest absolute Gasteiger partial charge is 0.317 e. The van der Waals surface area contributed by atoms with Crippen molar-refractivity contribution in [3.05, 3.63) is 35.9 Å². The summed E-state index contributed by atoms with van der Waals surface area (Å²) in [6, 6.07) is 4.55. The fourth-order valence-electron chi connectivity index (χ4n) is 1.26. The van der Waals surface area contributed by atoms with Crippen LogP contribution in [0, 0.1) is 11.6 Å². The van der Waals surface area contributed by atoms with Crippen LogP contribution in [0.25, 0.3) is 0 Å². The Morgan fingerprint density at radius 2 is 1.50 bits per heavy atom. The number of piperidine rings is 1. The maximum Gasteiger partial charge on any atom is 0.126 e. The van der Waals surface area contributed by atoms with Crippen LogP contribution in [-0.4, -0.2) is 13.1 Å². The van der Waals surface area contributed by atoms with Crippen LogP contribution < -0.4 is 5.32 Å². The molecule has 1 N–H and O–H groups in total. The molecule has 1 aromatic rings. The zero-order valence-electron chi connectivity index (χ0n) is 8.10. The molecule has 0 aliphatic carbocycles. The van der Waals surface area contributed by atoms with Crippen molar-refractivity contribution >= 4 is 0 Å². The lowest BCUT2D eigenvalue weighted by Gasteiger charge is -2.08. The molecule has 0 radical (unpaired) electrons. The standard InChI is InChI=1S/C6H4F2.C5H11N/c7-5-2-1-3-6(8)4-5;1-2-4-6-5-3-1/h1-4H;6H,1-5H2. The van der Waals surface area contributed by atoms with Gasteiger partial charge >= 0.3 is 0 Å². The third kappa shape index (κ3) is 4.92. The van der Waals surface area contributed by atoms with Crippen molar-refractivity contribution in [3.63, 3.8) is 0 Å². The van der Waals surface area contributed by atoms with E-state index < -0.39 is 11.6 Å². The number of halogens is 2. The molecule has 3 heteroatoms. The molecule has 14 heavy (non-hydrogen) atoms. The van der Waals surface area contributed by atoms with Crippen LogP contribution in [0.3, 0.4) is 0 Å². The quantitative estimate of drug-likeness (QED) is 0.677. The van der Waals surface area contributed by atoms with Crippen molar-refractivity contribution in [1.82, 2.24) is 5.32 Å². The summed E-state index contributed by atoms with van der Waals surface area (Å²) >= 11 is 0. The van der Waals surface area contributed by atoms with Gasteiger partial charge in [0.25, 0.3) is 0 Å². The first-order valence-corrected chi connectivity index (χ1v) is 4.91. The van der Waals surface area contributed by atoms with E-state index in [1.165, 1.54) is 50.6 Å². The predicted octanol–water partition coefficient (Wildman–Crippen LogP) is 2.72. The highest BCUT2D eigenvalue weighted by atomic mass is 19.1. The summed E-state index contributed by atoms with van der Waals surface area (Å²) in [5.41, 5.74) is 0. The minimum Gasteiger partial charge on any atom is -0.317 e. The van der Waals surface area contributed by atoms with Gasteiger partial charge in [-0.3, -0.25) is 0 Å². The number of hydrogen-bond acceptors (Lipinski definition) is 1. The molecule has 1 heterocycles. The molecule has 0 atom stereocenters. The van der Waals surface area contributed by atoms with E-state index in [9.17, 15) is 8.78 Å². The Morgan fingerprint density at radius 3 is 1.71 bits per heavy atom. The second-order valence-corrected chi connectivity index (χ2v) is 3.25. The Bertz CT molecular complexity index is 230. The van der Waals surface area contributed by atoms with E-state index >= 15 is 0 Å². The molecule has 2 rings (SSSR count). The summed E-state index contributed by atoms with van der Waals surface area (Å²) in [6.07, 6.45) is 4.22. The molecular weight excluding hydrogens is 184 g/mol. The second kappa shape index (κ2) is 6.49. The van der Waals surface area contributed by atoms with Crippen LogP contribution in [0.5, 0.6) is 0 Å². The minimum absolute atomic E-state index is 0.537. The number of benzene rings is 1. The lowest BCUT2D eigenvalue weighted by molar-refractivity contribution is 0.520. The smallest absolute Gasteiger partial charge is 0.126 e. The van der Waals surface area contributed by atoms with E-state index in [1.807, 2.05) is 0 Å². The highest BCUT2D eigenvalue weighted by Crippen LogP contribution is 1.99. The molecule has 1 aliphatic rings. The van der Waals surface area contributed by atoms with E-state index in [2.05, 4.69) is 5.32 Å². The van der Waals surface area contributed by atoms with Gasteiger partial charge in [-0.05, 0) is 38.1 Å². The van der Waals surface area contributed by atoms with Crippen molar-refractivity contribution in [2.75, 3.05) is 13.1 Å². The Hall–Kier alpha value is -0.960. The Balaban J connectivity index is 0.000000146. The zero-order valence-corrected chi connectivity index (χ0v) is 8.10. The summed E-state index contributed by atoms with van der Waals surface area (Å²) in [5, 5.41) is 3.28. The summed E-state index contributed by atoms with van der Waals surface area (Å²) in [4.78, 5) is 0. The molecule has 1 saturated heterocycles. The highest BCUT2D eigenvalue weighted by molar-refractivity contribution is 5.04. The van der Waals surface area contributed by atoms with Crippen molar-refractivity contribution < 1.29 is 8.78 Å². The SMILES string of the molecule is C1CCNCC1.Fc1cccc(F)c1. The molecule has 0 aromatic heterocycles. The summed E-state index contributed by atoms with van der Waals surface area (Å²) in [7, 11) is 0. The van der Waals surface area contributed by atoms with Crippen LogP contribution in [-0.2, 0) is 0 Å². The number of rotatable bonds is 0. The third-order valence-corrected chi connectivity index (χ3v) is 1.99. The maximum absolute atomic E-state index is 11.9. The van der Waals surface area contributed by atoms with Gasteiger partial charge in [0.1, 0.15) is 11.6 Å². The monoisotopic (exact) mass is 199 g/mol. The average molecular weight is 199 g/mol. The van der Waals surface area contributed by atoms with Gasteiger partial charge in [0, 0.05) is 6.07 Å². The molecule has 78 valence electrons. The summed E-state index contributed by atoms with van der Waals surface area (Å²) in [6.45, 7) is 2.50. The van der Waals surface area contributed by atoms with Crippen LogP contribution in [0.1, 0.15) is 19.3 Å². The van der Waals surface area contributed by atoms with E-state index in [0.29, 0.717) is 0 Å². The van der Waals surface area contributed by atoms with Gasteiger partial charge in [-0.25, -0.2) is 8.78 Å². The molecule has 1 aromatic carbocycles. The van der Waals surface area contributed by atoms with E-state index in [4.69, 9.17) is 0 Å². The molecule has 1 fully saturated rings. The van der Waals surface area contributed by atoms with Crippen LogP contribution >= 0.6 is 0 Å². The molecule has 0 bridgehead atoms. The fourth-order valence-corrected chi connectivity index (χ4v) is 1.26. The minimum atomic E-state index is -0.537. The molecular formula is C11H15F2N. The van der Waals surface area contributed by atoms with Crippen molar-refractivity contribution in [1.29, 1.82) is 0 Å². The second-order valence-electron chi connectivity index (χ2n) is 3.25. The Kier molecular flexibility index (Phi) is 5.15. The molecule has 1 aliphatic heterocycles. The Labute approximate surface area is 83.1 Å². The molecule has 0 saturated carbocycles.